The molecule has 0 aliphatic rings. The van der Waals surface area contributed by atoms with Gasteiger partial charge in [0.05, 0.1) is 13.1 Å². The monoisotopic (exact) mass is 433 g/mol. The predicted octanol–water partition coefficient (Wildman–Crippen LogP) is 3.50. The first-order valence-corrected chi connectivity index (χ1v) is 11.1. The maximum atomic E-state index is 4.83. The van der Waals surface area contributed by atoms with Crippen molar-refractivity contribution in [3.63, 3.8) is 0 Å². The molecule has 0 atom stereocenters. The van der Waals surface area contributed by atoms with Gasteiger partial charge < -0.3 is 20.1 Å². The molecule has 0 aliphatic carbocycles. The highest BCUT2D eigenvalue weighted by molar-refractivity contribution is 5.79. The maximum Gasteiger partial charge on any atom is 0.191 e. The number of anilines is 1. The summed E-state index contributed by atoms with van der Waals surface area (Å²) in [6.45, 7) is 9.19. The van der Waals surface area contributed by atoms with Crippen molar-refractivity contribution in [1.29, 1.82) is 0 Å². The summed E-state index contributed by atoms with van der Waals surface area (Å²) in [7, 11) is 4.10. The van der Waals surface area contributed by atoms with E-state index in [2.05, 4.69) is 89.1 Å². The van der Waals surface area contributed by atoms with Crippen molar-refractivity contribution in [3.8, 4) is 0 Å². The van der Waals surface area contributed by atoms with Crippen LogP contribution in [0.25, 0.3) is 0 Å². The Morgan fingerprint density at radius 1 is 1.03 bits per heavy atom. The van der Waals surface area contributed by atoms with Crippen LogP contribution in [-0.2, 0) is 20.1 Å². The predicted molar refractivity (Wildman–Crippen MR) is 132 cm³/mol. The number of guanidine groups is 1. The summed E-state index contributed by atoms with van der Waals surface area (Å²) in [5, 5.41) is 15.3. The lowest BCUT2D eigenvalue weighted by Crippen LogP contribution is -2.39. The van der Waals surface area contributed by atoms with Crippen molar-refractivity contribution in [2.24, 2.45) is 12.0 Å². The van der Waals surface area contributed by atoms with Crippen LogP contribution in [0.2, 0.25) is 0 Å². The molecule has 7 heteroatoms. The summed E-state index contributed by atoms with van der Waals surface area (Å²) < 4.78 is 1.99. The lowest BCUT2D eigenvalue weighted by molar-refractivity contribution is 0.697. The van der Waals surface area contributed by atoms with Crippen LogP contribution in [0.3, 0.4) is 0 Å². The lowest BCUT2D eigenvalue weighted by Gasteiger charge is -2.20. The highest BCUT2D eigenvalue weighted by Crippen LogP contribution is 2.12. The second-order valence-corrected chi connectivity index (χ2v) is 8.21. The molecule has 0 spiro atoms. The van der Waals surface area contributed by atoms with Crippen LogP contribution >= 0.6 is 0 Å². The fourth-order valence-corrected chi connectivity index (χ4v) is 3.46. The van der Waals surface area contributed by atoms with E-state index in [4.69, 9.17) is 4.99 Å². The quantitative estimate of drug-likeness (QED) is 0.307. The van der Waals surface area contributed by atoms with E-state index in [0.717, 1.165) is 37.1 Å². The Bertz CT molecular complexity index is 1020. The van der Waals surface area contributed by atoms with E-state index < -0.39 is 0 Å². The molecular weight excluding hydrogens is 398 g/mol. The Morgan fingerprint density at radius 3 is 2.50 bits per heavy atom. The van der Waals surface area contributed by atoms with Gasteiger partial charge in [0.2, 0.25) is 0 Å². The Balaban J connectivity index is 1.59. The fraction of sp³-hybridized carbons (Fsp3) is 0.400. The molecule has 0 saturated carbocycles. The highest BCUT2D eigenvalue weighted by Gasteiger charge is 2.07. The SMILES string of the molecule is Cc1ccc(CN=C(NCCCN(C)c2ccccc2)NCc2nnc(C)n2C)c(C)c1. The molecule has 7 nitrogen and oxygen atoms in total. The number of aromatic nitrogens is 3. The van der Waals surface area contributed by atoms with Gasteiger partial charge in [0.15, 0.2) is 11.8 Å². The zero-order valence-corrected chi connectivity index (χ0v) is 19.9. The van der Waals surface area contributed by atoms with Gasteiger partial charge in [-0.1, -0.05) is 42.0 Å². The molecule has 0 amide bonds. The third-order valence-electron chi connectivity index (χ3n) is 5.66. The molecule has 0 radical (unpaired) electrons. The zero-order chi connectivity index (χ0) is 22.9. The normalized spacial score (nSPS) is 11.5. The number of hydrogen-bond acceptors (Lipinski definition) is 4. The van der Waals surface area contributed by atoms with Crippen LogP contribution in [0.5, 0.6) is 0 Å². The summed E-state index contributed by atoms with van der Waals surface area (Å²) in [6, 6.07) is 16.9. The summed E-state index contributed by atoms with van der Waals surface area (Å²) in [4.78, 5) is 7.10. The molecule has 1 heterocycles. The van der Waals surface area contributed by atoms with Crippen LogP contribution in [0.4, 0.5) is 5.69 Å². The third-order valence-corrected chi connectivity index (χ3v) is 5.66. The van der Waals surface area contributed by atoms with Gasteiger partial charge in [-0.15, -0.1) is 10.2 Å². The zero-order valence-electron chi connectivity index (χ0n) is 19.9. The van der Waals surface area contributed by atoms with Gasteiger partial charge in [0.25, 0.3) is 0 Å². The summed E-state index contributed by atoms with van der Waals surface area (Å²) in [6.07, 6.45) is 0.999. The molecule has 0 fully saturated rings. The maximum absolute atomic E-state index is 4.83. The number of nitrogens with one attached hydrogen (secondary N) is 2. The van der Waals surface area contributed by atoms with Crippen LogP contribution in [0.1, 0.15) is 34.8 Å². The Hall–Kier alpha value is -3.35. The molecule has 170 valence electrons. The summed E-state index contributed by atoms with van der Waals surface area (Å²) in [5.41, 5.74) is 5.00. The van der Waals surface area contributed by atoms with Crippen LogP contribution in [0.15, 0.2) is 53.5 Å². The highest BCUT2D eigenvalue weighted by atomic mass is 15.3. The molecule has 3 aromatic rings. The minimum absolute atomic E-state index is 0.569. The van der Waals surface area contributed by atoms with Crippen LogP contribution < -0.4 is 15.5 Å². The Morgan fingerprint density at radius 2 is 1.81 bits per heavy atom. The first kappa shape index (κ1) is 23.3. The van der Waals surface area contributed by atoms with Crippen molar-refractivity contribution in [2.75, 3.05) is 25.0 Å². The fourth-order valence-electron chi connectivity index (χ4n) is 3.46. The van der Waals surface area contributed by atoms with Gasteiger partial charge in [-0.05, 0) is 50.5 Å². The van der Waals surface area contributed by atoms with Gasteiger partial charge >= 0.3 is 0 Å². The average Bonchev–Trinajstić information content (AvgIpc) is 3.11. The minimum atomic E-state index is 0.569. The van der Waals surface area contributed by atoms with Gasteiger partial charge in [-0.25, -0.2) is 4.99 Å². The molecular formula is C25H35N7. The number of benzene rings is 2. The van der Waals surface area contributed by atoms with Crippen LogP contribution in [0, 0.1) is 20.8 Å². The largest absolute Gasteiger partial charge is 0.375 e. The van der Waals surface area contributed by atoms with E-state index in [1.54, 1.807) is 0 Å². The molecule has 0 bridgehead atoms. The number of aliphatic imine (C=N–C) groups is 1. The second kappa shape index (κ2) is 11.3. The first-order chi connectivity index (χ1) is 15.4. The van der Waals surface area contributed by atoms with Crippen molar-refractivity contribution in [2.45, 2.75) is 40.3 Å². The molecule has 2 N–H and O–H groups in total. The van der Waals surface area contributed by atoms with Crippen molar-refractivity contribution >= 4 is 11.6 Å². The third kappa shape index (κ3) is 6.57. The standard InChI is InChI=1S/C25H35N7/c1-19-12-13-22(20(2)16-19)17-27-25(28-18-24-30-29-21(3)32(24)5)26-14-9-15-31(4)23-10-7-6-8-11-23/h6-8,10-13,16H,9,14-15,17-18H2,1-5H3,(H2,26,27,28). The number of hydrogen-bond donors (Lipinski definition) is 2. The molecule has 3 rings (SSSR count). The van der Waals surface area contributed by atoms with E-state index in [1.807, 2.05) is 24.6 Å². The van der Waals surface area contributed by atoms with E-state index >= 15 is 0 Å². The molecule has 0 saturated heterocycles. The van der Waals surface area contributed by atoms with Crippen molar-refractivity contribution in [3.05, 3.63) is 76.9 Å². The van der Waals surface area contributed by atoms with Crippen LogP contribution in [-0.4, -0.2) is 40.9 Å². The Kier molecular flexibility index (Phi) is 8.25. The molecule has 1 aromatic heterocycles. The van der Waals surface area contributed by atoms with E-state index in [1.165, 1.54) is 22.4 Å². The number of nitrogens with zero attached hydrogens (tertiary/aromatic N) is 5. The number of aryl methyl sites for hydroxylation is 3. The molecule has 0 unspecified atom stereocenters. The van der Waals surface area contributed by atoms with Gasteiger partial charge in [-0.3, -0.25) is 0 Å². The molecule has 2 aromatic carbocycles. The minimum Gasteiger partial charge on any atom is -0.375 e. The van der Waals surface area contributed by atoms with E-state index in [9.17, 15) is 0 Å². The van der Waals surface area contributed by atoms with E-state index in [0.29, 0.717) is 13.1 Å². The van der Waals surface area contributed by atoms with Crippen molar-refractivity contribution < 1.29 is 0 Å². The summed E-state index contributed by atoms with van der Waals surface area (Å²) >= 11 is 0. The lowest BCUT2D eigenvalue weighted by atomic mass is 10.1. The topological polar surface area (TPSA) is 70.4 Å². The summed E-state index contributed by atoms with van der Waals surface area (Å²) in [5.74, 6) is 2.56. The number of para-hydroxylation sites is 1. The number of rotatable bonds is 9. The smallest absolute Gasteiger partial charge is 0.191 e. The molecule has 0 aliphatic heterocycles. The van der Waals surface area contributed by atoms with Gasteiger partial charge in [0.1, 0.15) is 5.82 Å². The molecule has 32 heavy (non-hydrogen) atoms. The van der Waals surface area contributed by atoms with E-state index in [-0.39, 0.29) is 0 Å². The average molecular weight is 434 g/mol. The van der Waals surface area contributed by atoms with Gasteiger partial charge in [-0.2, -0.15) is 0 Å². The first-order valence-electron chi connectivity index (χ1n) is 11.1. The second-order valence-electron chi connectivity index (χ2n) is 8.21. The van der Waals surface area contributed by atoms with Crippen molar-refractivity contribution in [1.82, 2.24) is 25.4 Å². The van der Waals surface area contributed by atoms with Gasteiger partial charge in [0, 0.05) is 32.9 Å². The Labute approximate surface area is 191 Å².